The van der Waals surface area contributed by atoms with Crippen LogP contribution in [0.2, 0.25) is 0 Å². The highest BCUT2D eigenvalue weighted by atomic mass is 19.1. The van der Waals surface area contributed by atoms with Crippen molar-refractivity contribution in [2.75, 3.05) is 26.2 Å². The maximum absolute atomic E-state index is 12.7. The fraction of sp³-hybridized carbons (Fsp3) is 0.500. The van der Waals surface area contributed by atoms with Crippen molar-refractivity contribution in [1.82, 2.24) is 10.6 Å². The number of ether oxygens (including phenoxy) is 1. The molecule has 6 heteroatoms. The number of hydrogen-bond donors (Lipinski definition) is 3. The third-order valence-electron chi connectivity index (χ3n) is 2.54. The molecular weight excluding hydrogens is 263 g/mol. The Balaban J connectivity index is 2.10. The second-order valence-corrected chi connectivity index (χ2v) is 4.33. The molecule has 1 rings (SSSR count). The Bertz CT molecular complexity index is 398. The number of nitrogens with one attached hydrogen (secondary N) is 2. The van der Waals surface area contributed by atoms with E-state index in [0.29, 0.717) is 31.8 Å². The van der Waals surface area contributed by atoms with E-state index in [2.05, 4.69) is 10.6 Å². The van der Waals surface area contributed by atoms with Crippen LogP contribution in [0.5, 0.6) is 5.75 Å². The minimum atomic E-state index is -0.686. The van der Waals surface area contributed by atoms with Gasteiger partial charge in [-0.2, -0.15) is 0 Å². The highest BCUT2D eigenvalue weighted by molar-refractivity contribution is 5.75. The molecule has 112 valence electrons. The van der Waals surface area contributed by atoms with Crippen LogP contribution in [-0.4, -0.2) is 43.4 Å². The summed E-state index contributed by atoms with van der Waals surface area (Å²) in [6.45, 7) is 3.43. The van der Waals surface area contributed by atoms with E-state index < -0.39 is 6.10 Å². The van der Waals surface area contributed by atoms with Crippen molar-refractivity contribution in [3.8, 4) is 5.75 Å². The zero-order valence-corrected chi connectivity index (χ0v) is 11.6. The number of rotatable bonds is 9. The number of amides is 1. The van der Waals surface area contributed by atoms with Gasteiger partial charge in [-0.1, -0.05) is 0 Å². The Morgan fingerprint density at radius 3 is 2.75 bits per heavy atom. The van der Waals surface area contributed by atoms with Gasteiger partial charge >= 0.3 is 0 Å². The molecule has 0 spiro atoms. The largest absolute Gasteiger partial charge is 0.491 e. The lowest BCUT2D eigenvalue weighted by Gasteiger charge is -2.13. The van der Waals surface area contributed by atoms with Gasteiger partial charge in [0, 0.05) is 26.1 Å². The number of carbonyl (C=O) groups excluding carboxylic acids is 1. The van der Waals surface area contributed by atoms with Crippen molar-refractivity contribution in [2.45, 2.75) is 19.4 Å². The Kier molecular flexibility index (Phi) is 7.60. The minimum Gasteiger partial charge on any atom is -0.491 e. The average Bonchev–Trinajstić information content (AvgIpc) is 2.43. The van der Waals surface area contributed by atoms with Gasteiger partial charge in [0.05, 0.1) is 0 Å². The molecule has 0 saturated heterocycles. The zero-order chi connectivity index (χ0) is 14.8. The van der Waals surface area contributed by atoms with Crippen molar-refractivity contribution in [2.24, 2.45) is 0 Å². The van der Waals surface area contributed by atoms with Gasteiger partial charge in [0.2, 0.25) is 5.91 Å². The van der Waals surface area contributed by atoms with Crippen LogP contribution >= 0.6 is 0 Å². The van der Waals surface area contributed by atoms with Crippen molar-refractivity contribution >= 4 is 5.91 Å². The van der Waals surface area contributed by atoms with E-state index >= 15 is 0 Å². The Morgan fingerprint density at radius 2 is 2.10 bits per heavy atom. The minimum absolute atomic E-state index is 0.0166. The normalized spacial score (nSPS) is 11.9. The molecule has 1 amide bonds. The van der Waals surface area contributed by atoms with Crippen LogP contribution in [0.3, 0.4) is 0 Å². The van der Waals surface area contributed by atoms with Crippen LogP contribution < -0.4 is 15.4 Å². The molecule has 1 unspecified atom stereocenters. The Labute approximate surface area is 118 Å². The molecule has 1 atom stereocenters. The van der Waals surface area contributed by atoms with Crippen molar-refractivity contribution in [3.05, 3.63) is 30.1 Å². The first-order chi connectivity index (χ1) is 9.61. The van der Waals surface area contributed by atoms with Crippen LogP contribution in [0.1, 0.15) is 13.3 Å². The van der Waals surface area contributed by atoms with Crippen LogP contribution in [0.4, 0.5) is 4.39 Å². The fourth-order valence-corrected chi connectivity index (χ4v) is 1.54. The number of aliphatic hydroxyl groups is 1. The third kappa shape index (κ3) is 7.06. The number of hydrogen-bond acceptors (Lipinski definition) is 4. The van der Waals surface area contributed by atoms with Gasteiger partial charge in [-0.05, 0) is 31.2 Å². The monoisotopic (exact) mass is 284 g/mol. The van der Waals surface area contributed by atoms with Crippen molar-refractivity contribution in [1.29, 1.82) is 0 Å². The molecule has 0 aliphatic heterocycles. The molecule has 0 heterocycles. The SMILES string of the molecule is CCNC(=O)CCNCC(O)COc1ccc(F)cc1. The quantitative estimate of drug-likeness (QED) is 0.583. The Hall–Kier alpha value is -1.66. The maximum atomic E-state index is 12.7. The van der Waals surface area contributed by atoms with E-state index in [4.69, 9.17) is 4.74 Å². The molecule has 0 aromatic heterocycles. The first kappa shape index (κ1) is 16.4. The summed E-state index contributed by atoms with van der Waals surface area (Å²) in [6.07, 6.45) is -0.311. The predicted octanol–water partition coefficient (Wildman–Crippen LogP) is 0.681. The fourth-order valence-electron chi connectivity index (χ4n) is 1.54. The summed E-state index contributed by atoms with van der Waals surface area (Å²) < 4.78 is 18.0. The van der Waals surface area contributed by atoms with E-state index in [0.717, 1.165) is 0 Å². The maximum Gasteiger partial charge on any atom is 0.221 e. The summed E-state index contributed by atoms with van der Waals surface area (Å²) in [7, 11) is 0. The van der Waals surface area contributed by atoms with Gasteiger partial charge in [0.15, 0.2) is 0 Å². The Morgan fingerprint density at radius 1 is 1.40 bits per heavy atom. The molecule has 0 radical (unpaired) electrons. The van der Waals surface area contributed by atoms with E-state index in [1.807, 2.05) is 6.92 Å². The molecule has 5 nitrogen and oxygen atoms in total. The smallest absolute Gasteiger partial charge is 0.221 e. The van der Waals surface area contributed by atoms with E-state index in [1.165, 1.54) is 24.3 Å². The van der Waals surface area contributed by atoms with Gasteiger partial charge in [0.25, 0.3) is 0 Å². The molecule has 0 aliphatic carbocycles. The second kappa shape index (κ2) is 9.28. The molecule has 3 N–H and O–H groups in total. The summed E-state index contributed by atoms with van der Waals surface area (Å²) in [5.74, 6) is 0.162. The molecule has 20 heavy (non-hydrogen) atoms. The first-order valence-electron chi connectivity index (χ1n) is 6.65. The zero-order valence-electron chi connectivity index (χ0n) is 11.6. The van der Waals surface area contributed by atoms with E-state index in [-0.39, 0.29) is 18.3 Å². The van der Waals surface area contributed by atoms with Crippen LogP contribution in [0.25, 0.3) is 0 Å². The van der Waals surface area contributed by atoms with Gasteiger partial charge in [-0.15, -0.1) is 0 Å². The van der Waals surface area contributed by atoms with Gasteiger partial charge in [-0.25, -0.2) is 4.39 Å². The third-order valence-corrected chi connectivity index (χ3v) is 2.54. The second-order valence-electron chi connectivity index (χ2n) is 4.33. The topological polar surface area (TPSA) is 70.6 Å². The van der Waals surface area contributed by atoms with Gasteiger partial charge in [-0.3, -0.25) is 4.79 Å². The van der Waals surface area contributed by atoms with Gasteiger partial charge in [0.1, 0.15) is 24.3 Å². The summed E-state index contributed by atoms with van der Waals surface area (Å²) in [6, 6.07) is 5.60. The standard InChI is InChI=1S/C14H21FN2O3/c1-2-17-14(19)7-8-16-9-12(18)10-20-13-5-3-11(15)4-6-13/h3-6,12,16,18H,2,7-10H2,1H3,(H,17,19). The van der Waals surface area contributed by atoms with Crippen molar-refractivity contribution < 1.29 is 19.0 Å². The molecule has 1 aromatic rings. The molecule has 0 saturated carbocycles. The molecule has 0 bridgehead atoms. The van der Waals surface area contributed by atoms with E-state index in [1.54, 1.807) is 0 Å². The lowest BCUT2D eigenvalue weighted by atomic mass is 10.3. The lowest BCUT2D eigenvalue weighted by molar-refractivity contribution is -0.120. The summed E-state index contributed by atoms with van der Waals surface area (Å²) in [4.78, 5) is 11.2. The van der Waals surface area contributed by atoms with Crippen LogP contribution in [0, 0.1) is 5.82 Å². The summed E-state index contributed by atoms with van der Waals surface area (Å²) >= 11 is 0. The molecular formula is C14H21FN2O3. The predicted molar refractivity (Wildman–Crippen MR) is 74.1 cm³/mol. The summed E-state index contributed by atoms with van der Waals surface area (Å²) in [5, 5.41) is 15.3. The van der Waals surface area contributed by atoms with E-state index in [9.17, 15) is 14.3 Å². The summed E-state index contributed by atoms with van der Waals surface area (Å²) in [5.41, 5.74) is 0. The van der Waals surface area contributed by atoms with Crippen LogP contribution in [-0.2, 0) is 4.79 Å². The molecule has 0 aliphatic rings. The lowest BCUT2D eigenvalue weighted by Crippen LogP contribution is -2.34. The molecule has 0 fully saturated rings. The number of carbonyl (C=O) groups is 1. The average molecular weight is 284 g/mol. The van der Waals surface area contributed by atoms with Crippen molar-refractivity contribution in [3.63, 3.8) is 0 Å². The van der Waals surface area contributed by atoms with Gasteiger partial charge < -0.3 is 20.5 Å². The van der Waals surface area contributed by atoms with Crippen LogP contribution in [0.15, 0.2) is 24.3 Å². The highest BCUT2D eigenvalue weighted by Gasteiger charge is 2.06. The number of aliphatic hydroxyl groups excluding tert-OH is 1. The first-order valence-corrected chi connectivity index (χ1v) is 6.65. The number of benzene rings is 1. The number of halogens is 1. The molecule has 1 aromatic carbocycles. The highest BCUT2D eigenvalue weighted by Crippen LogP contribution is 2.11.